The number of hydrogen-bond donors (Lipinski definition) is 2. The lowest BCUT2D eigenvalue weighted by atomic mass is 9.80. The highest BCUT2D eigenvalue weighted by Gasteiger charge is 2.48. The maximum absolute atomic E-state index is 12.4. The number of hydrogen-bond acceptors (Lipinski definition) is 6. The molecule has 0 saturated carbocycles. The monoisotopic (exact) mass is 441 g/mol. The summed E-state index contributed by atoms with van der Waals surface area (Å²) in [6.07, 6.45) is 0. The molecule has 7 heteroatoms. The van der Waals surface area contributed by atoms with E-state index in [9.17, 15) is 25.1 Å². The van der Waals surface area contributed by atoms with Crippen molar-refractivity contribution in [3.8, 4) is 11.5 Å². The zero-order valence-corrected chi connectivity index (χ0v) is 17.3. The first-order chi connectivity index (χ1) is 15.9. The van der Waals surface area contributed by atoms with E-state index in [1.54, 1.807) is 78.9 Å². The van der Waals surface area contributed by atoms with Gasteiger partial charge in [-0.15, -0.1) is 0 Å². The first-order valence-electron chi connectivity index (χ1n) is 10.0. The summed E-state index contributed by atoms with van der Waals surface area (Å²) in [6, 6.07) is 28.4. The van der Waals surface area contributed by atoms with Crippen molar-refractivity contribution in [1.82, 2.24) is 0 Å². The number of nitro benzene ring substituents is 1. The van der Waals surface area contributed by atoms with E-state index in [0.717, 1.165) is 16.7 Å². The molecule has 2 N–H and O–H groups in total. The Balaban J connectivity index is 0.000000243. The van der Waals surface area contributed by atoms with Crippen molar-refractivity contribution in [2.75, 3.05) is 0 Å². The number of carbonyl (C=O) groups excluding carboxylic acids is 1. The largest absolute Gasteiger partial charge is 0.508 e. The number of phenols is 2. The van der Waals surface area contributed by atoms with Crippen LogP contribution in [0.25, 0.3) is 0 Å². The summed E-state index contributed by atoms with van der Waals surface area (Å²) in [5.41, 5.74) is 1.74. The molecule has 4 aromatic carbocycles. The second kappa shape index (κ2) is 8.84. The van der Waals surface area contributed by atoms with Gasteiger partial charge in [-0.05, 0) is 30.3 Å². The fourth-order valence-electron chi connectivity index (χ4n) is 3.75. The van der Waals surface area contributed by atoms with Crippen LogP contribution in [-0.2, 0) is 10.3 Å². The number of cyclic esters (lactones) is 1. The van der Waals surface area contributed by atoms with Crippen LogP contribution < -0.4 is 0 Å². The van der Waals surface area contributed by atoms with E-state index in [2.05, 4.69) is 0 Å². The quantitative estimate of drug-likeness (QED) is 0.258. The van der Waals surface area contributed by atoms with Gasteiger partial charge in [-0.2, -0.15) is 0 Å². The lowest BCUT2D eigenvalue weighted by Gasteiger charge is -2.30. The SMILES string of the molecule is O=C1OC(c2ccc(O)cc2)(c2ccc(O)cc2)c2ccccc21.O=[N+]([O-])c1ccccc1. The molecule has 164 valence electrons. The first kappa shape index (κ1) is 21.6. The number of benzene rings is 4. The van der Waals surface area contributed by atoms with E-state index in [1.165, 1.54) is 12.1 Å². The third kappa shape index (κ3) is 4.12. The van der Waals surface area contributed by atoms with Gasteiger partial charge in [0.15, 0.2) is 5.60 Å². The summed E-state index contributed by atoms with van der Waals surface area (Å²) in [5, 5.41) is 29.2. The standard InChI is InChI=1S/C20H14O4.C6H5NO2/c21-15-9-5-13(6-10-15)20(14-7-11-16(22)12-8-14)18-4-2-1-3-17(18)19(23)24-20;8-7(9)6-4-2-1-3-5-6/h1-12,21-22H;1-5H. The van der Waals surface area contributed by atoms with Crippen LogP contribution in [0.4, 0.5) is 5.69 Å². The molecule has 1 aliphatic rings. The Labute approximate surface area is 189 Å². The molecule has 5 rings (SSSR count). The Morgan fingerprint density at radius 2 is 1.18 bits per heavy atom. The van der Waals surface area contributed by atoms with E-state index >= 15 is 0 Å². The van der Waals surface area contributed by atoms with Gasteiger partial charge >= 0.3 is 5.97 Å². The molecule has 0 fully saturated rings. The van der Waals surface area contributed by atoms with Crippen molar-refractivity contribution >= 4 is 11.7 Å². The number of non-ortho nitro benzene ring substituents is 1. The second-order valence-electron chi connectivity index (χ2n) is 7.30. The summed E-state index contributed by atoms with van der Waals surface area (Å²) in [4.78, 5) is 22.0. The number of phenolic OH excluding ortho intramolecular Hbond substituents is 2. The highest BCUT2D eigenvalue weighted by molar-refractivity contribution is 5.96. The molecule has 4 aromatic rings. The third-order valence-corrected chi connectivity index (χ3v) is 5.29. The summed E-state index contributed by atoms with van der Waals surface area (Å²) >= 11 is 0. The van der Waals surface area contributed by atoms with Crippen LogP contribution in [0, 0.1) is 10.1 Å². The van der Waals surface area contributed by atoms with Gasteiger partial charge in [0, 0.05) is 28.8 Å². The van der Waals surface area contributed by atoms with E-state index in [0.29, 0.717) is 5.56 Å². The Bertz CT molecular complexity index is 1240. The van der Waals surface area contributed by atoms with Crippen LogP contribution in [0.1, 0.15) is 27.0 Å². The molecule has 0 unspecified atom stereocenters. The van der Waals surface area contributed by atoms with Crippen molar-refractivity contribution < 1.29 is 24.7 Å². The lowest BCUT2D eigenvalue weighted by molar-refractivity contribution is -0.384. The highest BCUT2D eigenvalue weighted by Crippen LogP contribution is 2.47. The van der Waals surface area contributed by atoms with E-state index in [1.807, 2.05) is 12.1 Å². The fraction of sp³-hybridized carbons (Fsp3) is 0.0385. The number of ether oxygens (including phenoxy) is 1. The van der Waals surface area contributed by atoms with Gasteiger partial charge in [0.05, 0.1) is 10.5 Å². The first-order valence-corrected chi connectivity index (χ1v) is 10.0. The topological polar surface area (TPSA) is 110 Å². The Morgan fingerprint density at radius 1 is 0.697 bits per heavy atom. The average molecular weight is 441 g/mol. The number of aromatic hydroxyl groups is 2. The van der Waals surface area contributed by atoms with Crippen LogP contribution in [0.15, 0.2) is 103 Å². The van der Waals surface area contributed by atoms with Gasteiger partial charge in [-0.25, -0.2) is 4.79 Å². The third-order valence-electron chi connectivity index (χ3n) is 5.29. The van der Waals surface area contributed by atoms with Crippen molar-refractivity contribution in [1.29, 1.82) is 0 Å². The van der Waals surface area contributed by atoms with Gasteiger partial charge < -0.3 is 14.9 Å². The Kier molecular flexibility index (Phi) is 5.78. The summed E-state index contributed by atoms with van der Waals surface area (Å²) < 4.78 is 5.87. The normalized spacial score (nSPS) is 13.3. The lowest BCUT2D eigenvalue weighted by Crippen LogP contribution is -2.29. The molecule has 0 bridgehead atoms. The molecule has 0 aliphatic carbocycles. The molecule has 0 spiro atoms. The molecule has 0 saturated heterocycles. The summed E-state index contributed by atoms with van der Waals surface area (Å²) in [6.45, 7) is 0. The van der Waals surface area contributed by atoms with Crippen LogP contribution in [0.2, 0.25) is 0 Å². The maximum atomic E-state index is 12.4. The average Bonchev–Trinajstić information content (AvgIpc) is 3.14. The predicted molar refractivity (Wildman–Crippen MR) is 121 cm³/mol. The minimum absolute atomic E-state index is 0.136. The van der Waals surface area contributed by atoms with Crippen molar-refractivity contribution in [2.24, 2.45) is 0 Å². The fourth-order valence-corrected chi connectivity index (χ4v) is 3.75. The molecule has 7 nitrogen and oxygen atoms in total. The van der Waals surface area contributed by atoms with Crippen molar-refractivity contribution in [3.63, 3.8) is 0 Å². The molecule has 1 aliphatic heterocycles. The molecular weight excluding hydrogens is 422 g/mol. The van der Waals surface area contributed by atoms with Crippen LogP contribution >= 0.6 is 0 Å². The minimum atomic E-state index is -1.10. The number of rotatable bonds is 3. The highest BCUT2D eigenvalue weighted by atomic mass is 16.6. The Morgan fingerprint density at radius 3 is 1.67 bits per heavy atom. The van der Waals surface area contributed by atoms with Crippen LogP contribution in [0.5, 0.6) is 11.5 Å². The van der Waals surface area contributed by atoms with Crippen molar-refractivity contribution in [2.45, 2.75) is 5.60 Å². The minimum Gasteiger partial charge on any atom is -0.508 e. The molecule has 0 aromatic heterocycles. The summed E-state index contributed by atoms with van der Waals surface area (Å²) in [7, 11) is 0. The van der Waals surface area contributed by atoms with E-state index in [-0.39, 0.29) is 17.2 Å². The number of carbonyl (C=O) groups is 1. The second-order valence-corrected chi connectivity index (χ2v) is 7.30. The van der Waals surface area contributed by atoms with Gasteiger partial charge in [0.25, 0.3) is 5.69 Å². The number of para-hydroxylation sites is 1. The maximum Gasteiger partial charge on any atom is 0.340 e. The van der Waals surface area contributed by atoms with Gasteiger partial charge in [-0.3, -0.25) is 10.1 Å². The number of fused-ring (bicyclic) bond motifs is 1. The zero-order valence-electron chi connectivity index (χ0n) is 17.3. The van der Waals surface area contributed by atoms with Crippen LogP contribution in [-0.4, -0.2) is 21.1 Å². The summed E-state index contributed by atoms with van der Waals surface area (Å²) in [5.74, 6) is -0.124. The van der Waals surface area contributed by atoms with E-state index < -0.39 is 16.5 Å². The number of esters is 1. The molecular formula is C26H19NO6. The number of nitrogens with zero attached hydrogens (tertiary/aromatic N) is 1. The molecule has 0 atom stereocenters. The smallest absolute Gasteiger partial charge is 0.340 e. The molecule has 33 heavy (non-hydrogen) atoms. The number of nitro groups is 1. The van der Waals surface area contributed by atoms with Gasteiger partial charge in [0.2, 0.25) is 0 Å². The Hall–Kier alpha value is -4.65. The van der Waals surface area contributed by atoms with Gasteiger partial charge in [-0.1, -0.05) is 60.7 Å². The van der Waals surface area contributed by atoms with E-state index in [4.69, 9.17) is 4.74 Å². The molecule has 0 amide bonds. The van der Waals surface area contributed by atoms with Crippen LogP contribution in [0.3, 0.4) is 0 Å². The molecule has 0 radical (unpaired) electrons. The van der Waals surface area contributed by atoms with Gasteiger partial charge in [0.1, 0.15) is 11.5 Å². The zero-order chi connectivity index (χ0) is 23.4. The predicted octanol–water partition coefficient (Wildman–Crippen LogP) is 5.15. The molecule has 1 heterocycles. The van der Waals surface area contributed by atoms with Crippen molar-refractivity contribution in [3.05, 3.63) is 135 Å².